The number of morpholine rings is 1. The second-order valence-corrected chi connectivity index (χ2v) is 5.33. The standard InChI is InChI=1S/C12H13N3O4S/c16-7-8-6-14(1-3-19-8)10(17)9-5-13-12-15(11(9)18)2-4-20-12/h2,4-5,8,16H,1,3,6-7H2. The molecule has 0 saturated carbocycles. The lowest BCUT2D eigenvalue weighted by Crippen LogP contribution is -2.48. The number of carbonyl (C=O) groups is 1. The maximum atomic E-state index is 12.4. The first kappa shape index (κ1) is 13.2. The summed E-state index contributed by atoms with van der Waals surface area (Å²) in [4.78, 5) is 30.8. The number of fused-ring (bicyclic) bond motifs is 1. The minimum absolute atomic E-state index is 0.0412. The Morgan fingerprint density at radius 2 is 2.45 bits per heavy atom. The molecule has 0 radical (unpaired) electrons. The van der Waals surface area contributed by atoms with Gasteiger partial charge in [-0.1, -0.05) is 0 Å². The molecular weight excluding hydrogens is 282 g/mol. The highest BCUT2D eigenvalue weighted by atomic mass is 32.1. The normalized spacial score (nSPS) is 19.4. The minimum Gasteiger partial charge on any atom is -0.394 e. The smallest absolute Gasteiger partial charge is 0.271 e. The highest BCUT2D eigenvalue weighted by Gasteiger charge is 2.26. The molecule has 1 saturated heterocycles. The Labute approximate surface area is 118 Å². The first-order valence-corrected chi connectivity index (χ1v) is 7.05. The number of aliphatic hydroxyl groups is 1. The molecule has 2 aromatic rings. The Kier molecular flexibility index (Phi) is 3.51. The first-order valence-electron chi connectivity index (χ1n) is 6.17. The zero-order valence-electron chi connectivity index (χ0n) is 10.6. The predicted molar refractivity (Wildman–Crippen MR) is 72.1 cm³/mol. The van der Waals surface area contributed by atoms with Crippen LogP contribution in [-0.2, 0) is 4.74 Å². The van der Waals surface area contributed by atoms with E-state index in [-0.39, 0.29) is 30.2 Å². The molecule has 3 heterocycles. The van der Waals surface area contributed by atoms with Crippen molar-refractivity contribution in [3.8, 4) is 0 Å². The zero-order valence-corrected chi connectivity index (χ0v) is 11.4. The highest BCUT2D eigenvalue weighted by Crippen LogP contribution is 2.10. The van der Waals surface area contributed by atoms with Crippen LogP contribution in [0.15, 0.2) is 22.6 Å². The predicted octanol–water partition coefficient (Wildman–Crippen LogP) is -0.411. The number of thiazole rings is 1. The maximum absolute atomic E-state index is 12.4. The van der Waals surface area contributed by atoms with Crippen molar-refractivity contribution in [2.75, 3.05) is 26.3 Å². The lowest BCUT2D eigenvalue weighted by Gasteiger charge is -2.31. The molecule has 0 bridgehead atoms. The molecule has 1 atom stereocenters. The molecule has 3 rings (SSSR count). The summed E-state index contributed by atoms with van der Waals surface area (Å²) in [5.41, 5.74) is -0.326. The van der Waals surface area contributed by atoms with Gasteiger partial charge in [-0.25, -0.2) is 4.98 Å². The van der Waals surface area contributed by atoms with Crippen LogP contribution in [0, 0.1) is 0 Å². The zero-order chi connectivity index (χ0) is 14.1. The molecule has 2 aromatic heterocycles. The SMILES string of the molecule is O=C(c1cnc2sccn2c1=O)N1CCOC(CO)C1. The molecule has 1 aliphatic heterocycles. The Morgan fingerprint density at radius 3 is 3.25 bits per heavy atom. The van der Waals surface area contributed by atoms with Gasteiger partial charge in [0.1, 0.15) is 5.56 Å². The van der Waals surface area contributed by atoms with E-state index in [1.807, 2.05) is 0 Å². The fraction of sp³-hybridized carbons (Fsp3) is 0.417. The van der Waals surface area contributed by atoms with E-state index >= 15 is 0 Å². The Hall–Kier alpha value is -1.77. The van der Waals surface area contributed by atoms with Gasteiger partial charge in [0.25, 0.3) is 11.5 Å². The van der Waals surface area contributed by atoms with Gasteiger partial charge in [0.05, 0.1) is 19.3 Å². The molecule has 1 fully saturated rings. The van der Waals surface area contributed by atoms with E-state index in [9.17, 15) is 9.59 Å². The molecule has 0 aromatic carbocycles. The van der Waals surface area contributed by atoms with Gasteiger partial charge < -0.3 is 14.7 Å². The average Bonchev–Trinajstić information content (AvgIpc) is 2.96. The number of aliphatic hydroxyl groups excluding tert-OH is 1. The summed E-state index contributed by atoms with van der Waals surface area (Å²) in [6, 6.07) is 0. The quantitative estimate of drug-likeness (QED) is 0.814. The number of carbonyl (C=O) groups excluding carboxylic acids is 1. The van der Waals surface area contributed by atoms with Gasteiger partial charge in [-0.2, -0.15) is 0 Å². The van der Waals surface area contributed by atoms with E-state index in [4.69, 9.17) is 9.84 Å². The Morgan fingerprint density at radius 1 is 1.60 bits per heavy atom. The van der Waals surface area contributed by atoms with Crippen LogP contribution in [0.2, 0.25) is 0 Å². The van der Waals surface area contributed by atoms with Crippen LogP contribution < -0.4 is 5.56 Å². The van der Waals surface area contributed by atoms with E-state index in [0.717, 1.165) is 0 Å². The fourth-order valence-corrected chi connectivity index (χ4v) is 2.83. The number of nitrogens with zero attached hydrogens (tertiary/aromatic N) is 3. The lowest BCUT2D eigenvalue weighted by atomic mass is 10.2. The average molecular weight is 295 g/mol. The van der Waals surface area contributed by atoms with Gasteiger partial charge in [-0.15, -0.1) is 11.3 Å². The Balaban J connectivity index is 1.92. The first-order chi connectivity index (χ1) is 9.70. The number of ether oxygens (including phenoxy) is 1. The van der Waals surface area contributed by atoms with Crippen molar-refractivity contribution in [1.82, 2.24) is 14.3 Å². The summed E-state index contributed by atoms with van der Waals surface area (Å²) in [6.07, 6.45) is 2.52. The van der Waals surface area contributed by atoms with Crippen molar-refractivity contribution in [3.05, 3.63) is 33.7 Å². The van der Waals surface area contributed by atoms with Gasteiger partial charge in [-0.3, -0.25) is 14.0 Å². The molecule has 1 amide bonds. The van der Waals surface area contributed by atoms with Gasteiger partial charge in [-0.05, 0) is 0 Å². The number of hydrogen-bond donors (Lipinski definition) is 1. The van der Waals surface area contributed by atoms with Gasteiger partial charge in [0.15, 0.2) is 4.96 Å². The summed E-state index contributed by atoms with van der Waals surface area (Å²) in [6.45, 7) is 0.888. The third kappa shape index (κ3) is 2.21. The van der Waals surface area contributed by atoms with E-state index in [2.05, 4.69) is 4.98 Å². The molecule has 1 aliphatic rings. The van der Waals surface area contributed by atoms with Crippen molar-refractivity contribution in [2.24, 2.45) is 0 Å². The van der Waals surface area contributed by atoms with Crippen LogP contribution in [0.5, 0.6) is 0 Å². The van der Waals surface area contributed by atoms with Crippen molar-refractivity contribution in [1.29, 1.82) is 0 Å². The summed E-state index contributed by atoms with van der Waals surface area (Å²) in [5.74, 6) is -0.371. The van der Waals surface area contributed by atoms with E-state index < -0.39 is 6.10 Å². The van der Waals surface area contributed by atoms with Crippen molar-refractivity contribution >= 4 is 22.2 Å². The van der Waals surface area contributed by atoms with E-state index in [0.29, 0.717) is 18.1 Å². The number of amides is 1. The minimum atomic E-state index is -0.395. The van der Waals surface area contributed by atoms with E-state index in [1.54, 1.807) is 11.6 Å². The highest BCUT2D eigenvalue weighted by molar-refractivity contribution is 7.15. The molecule has 0 aliphatic carbocycles. The third-order valence-corrected chi connectivity index (χ3v) is 3.97. The molecule has 7 nitrogen and oxygen atoms in total. The summed E-state index contributed by atoms with van der Waals surface area (Å²) in [5, 5.41) is 10.8. The van der Waals surface area contributed by atoms with Gasteiger partial charge in [0, 0.05) is 30.9 Å². The van der Waals surface area contributed by atoms with Crippen molar-refractivity contribution in [3.63, 3.8) is 0 Å². The number of rotatable bonds is 2. The maximum Gasteiger partial charge on any atom is 0.271 e. The van der Waals surface area contributed by atoms with Crippen LogP contribution in [-0.4, -0.2) is 57.7 Å². The molecule has 106 valence electrons. The van der Waals surface area contributed by atoms with Gasteiger partial charge in [0.2, 0.25) is 0 Å². The summed E-state index contributed by atoms with van der Waals surface area (Å²) < 4.78 is 6.65. The monoisotopic (exact) mass is 295 g/mol. The molecular formula is C12H13N3O4S. The molecule has 1 unspecified atom stereocenters. The van der Waals surface area contributed by atoms with Crippen molar-refractivity contribution < 1.29 is 14.6 Å². The summed E-state index contributed by atoms with van der Waals surface area (Å²) in [7, 11) is 0. The van der Waals surface area contributed by atoms with Crippen LogP contribution in [0.4, 0.5) is 0 Å². The summed E-state index contributed by atoms with van der Waals surface area (Å²) >= 11 is 1.34. The molecule has 1 N–H and O–H groups in total. The van der Waals surface area contributed by atoms with Crippen LogP contribution >= 0.6 is 11.3 Å². The van der Waals surface area contributed by atoms with Crippen molar-refractivity contribution in [2.45, 2.75) is 6.10 Å². The second-order valence-electron chi connectivity index (χ2n) is 4.46. The number of aromatic nitrogens is 2. The molecule has 8 heteroatoms. The van der Waals surface area contributed by atoms with E-state index in [1.165, 1.54) is 26.8 Å². The van der Waals surface area contributed by atoms with Crippen LogP contribution in [0.1, 0.15) is 10.4 Å². The third-order valence-electron chi connectivity index (χ3n) is 3.20. The van der Waals surface area contributed by atoms with Crippen LogP contribution in [0.25, 0.3) is 4.96 Å². The number of hydrogen-bond acceptors (Lipinski definition) is 6. The van der Waals surface area contributed by atoms with Crippen LogP contribution in [0.3, 0.4) is 0 Å². The Bertz CT molecular complexity index is 695. The molecule has 20 heavy (non-hydrogen) atoms. The second kappa shape index (κ2) is 5.31. The topological polar surface area (TPSA) is 84.1 Å². The van der Waals surface area contributed by atoms with Gasteiger partial charge >= 0.3 is 0 Å². The largest absolute Gasteiger partial charge is 0.394 e. The fourth-order valence-electron chi connectivity index (χ4n) is 2.16. The lowest BCUT2D eigenvalue weighted by molar-refractivity contribution is -0.0447. The molecule has 0 spiro atoms.